The Hall–Kier alpha value is -1.10. The van der Waals surface area contributed by atoms with Gasteiger partial charge in [-0.1, -0.05) is 19.3 Å². The monoisotopic (exact) mass is 227 g/mol. The van der Waals surface area contributed by atoms with Crippen molar-refractivity contribution in [3.8, 4) is 0 Å². The maximum absolute atomic E-state index is 11.6. The van der Waals surface area contributed by atoms with E-state index in [2.05, 4.69) is 10.6 Å². The van der Waals surface area contributed by atoms with Crippen LogP contribution in [-0.4, -0.2) is 30.9 Å². The molecule has 4 N–H and O–H groups in total. The first-order valence-electron chi connectivity index (χ1n) is 5.82. The second-order valence-corrected chi connectivity index (χ2v) is 4.51. The van der Waals surface area contributed by atoms with Crippen LogP contribution in [-0.2, 0) is 9.59 Å². The average Bonchev–Trinajstić information content (AvgIpc) is 2.28. The van der Waals surface area contributed by atoms with Gasteiger partial charge in [-0.3, -0.25) is 9.59 Å². The maximum atomic E-state index is 11.6. The van der Waals surface area contributed by atoms with E-state index in [0.29, 0.717) is 6.42 Å². The fourth-order valence-electron chi connectivity index (χ4n) is 2.30. The van der Waals surface area contributed by atoms with Crippen LogP contribution >= 0.6 is 0 Å². The number of carbonyl (C=O) groups is 2. The van der Waals surface area contributed by atoms with Crippen molar-refractivity contribution in [3.05, 3.63) is 0 Å². The highest BCUT2D eigenvalue weighted by Gasteiger charge is 2.32. The standard InChI is InChI=1S/C11H21N3O2/c1-13-11(5-3-2-4-6-11)7-10(16)14-8-9(12)15/h13H,2-8H2,1H3,(H2,12,15)(H,14,16). The Morgan fingerprint density at radius 2 is 1.88 bits per heavy atom. The van der Waals surface area contributed by atoms with Gasteiger partial charge in [-0.2, -0.15) is 0 Å². The topological polar surface area (TPSA) is 84.2 Å². The van der Waals surface area contributed by atoms with E-state index in [1.807, 2.05) is 7.05 Å². The molecule has 0 aromatic carbocycles. The summed E-state index contributed by atoms with van der Waals surface area (Å²) in [7, 11) is 1.90. The van der Waals surface area contributed by atoms with Crippen LogP contribution in [0.4, 0.5) is 0 Å². The zero-order valence-electron chi connectivity index (χ0n) is 9.84. The Morgan fingerprint density at radius 1 is 1.25 bits per heavy atom. The van der Waals surface area contributed by atoms with E-state index in [-0.39, 0.29) is 18.0 Å². The summed E-state index contributed by atoms with van der Waals surface area (Å²) >= 11 is 0. The number of amides is 2. The molecule has 0 radical (unpaired) electrons. The molecule has 2 amide bonds. The molecule has 0 heterocycles. The molecule has 1 fully saturated rings. The Kier molecular flexibility index (Phi) is 4.73. The molecule has 92 valence electrons. The third kappa shape index (κ3) is 3.81. The fourth-order valence-corrected chi connectivity index (χ4v) is 2.30. The molecule has 1 aliphatic rings. The van der Waals surface area contributed by atoms with Gasteiger partial charge < -0.3 is 16.4 Å². The molecule has 0 aromatic heterocycles. The number of primary amides is 1. The summed E-state index contributed by atoms with van der Waals surface area (Å²) in [6.45, 7) is -0.0708. The second-order valence-electron chi connectivity index (χ2n) is 4.51. The van der Waals surface area contributed by atoms with Crippen LogP contribution in [0.15, 0.2) is 0 Å². The lowest BCUT2D eigenvalue weighted by Crippen LogP contribution is -2.49. The Bertz CT molecular complexity index is 260. The summed E-state index contributed by atoms with van der Waals surface area (Å²) in [6, 6.07) is 0. The Labute approximate surface area is 96.1 Å². The lowest BCUT2D eigenvalue weighted by atomic mass is 9.79. The lowest BCUT2D eigenvalue weighted by molar-refractivity contribution is -0.126. The molecule has 0 atom stereocenters. The molecule has 1 aliphatic carbocycles. The van der Waals surface area contributed by atoms with Gasteiger partial charge >= 0.3 is 0 Å². The van der Waals surface area contributed by atoms with Gasteiger partial charge in [0.15, 0.2) is 0 Å². The third-order valence-corrected chi connectivity index (χ3v) is 3.30. The van der Waals surface area contributed by atoms with Crippen LogP contribution in [0.2, 0.25) is 0 Å². The van der Waals surface area contributed by atoms with E-state index in [0.717, 1.165) is 25.7 Å². The zero-order valence-corrected chi connectivity index (χ0v) is 9.84. The molecule has 0 unspecified atom stereocenters. The number of rotatable bonds is 5. The third-order valence-electron chi connectivity index (χ3n) is 3.30. The first-order chi connectivity index (χ1) is 7.58. The molecule has 0 spiro atoms. The predicted molar refractivity (Wildman–Crippen MR) is 61.7 cm³/mol. The summed E-state index contributed by atoms with van der Waals surface area (Å²) < 4.78 is 0. The SMILES string of the molecule is CNC1(CC(=O)NCC(N)=O)CCCCC1. The highest BCUT2D eigenvalue weighted by Crippen LogP contribution is 2.30. The van der Waals surface area contributed by atoms with Gasteiger partial charge in [0, 0.05) is 12.0 Å². The minimum absolute atomic E-state index is 0.0708. The minimum atomic E-state index is -0.504. The first-order valence-corrected chi connectivity index (χ1v) is 5.82. The van der Waals surface area contributed by atoms with Crippen molar-refractivity contribution in [2.75, 3.05) is 13.6 Å². The van der Waals surface area contributed by atoms with Gasteiger partial charge in [0.25, 0.3) is 0 Å². The zero-order chi connectivity index (χ0) is 12.0. The van der Waals surface area contributed by atoms with Gasteiger partial charge in [-0.05, 0) is 19.9 Å². The molecular formula is C11H21N3O2. The van der Waals surface area contributed by atoms with E-state index in [4.69, 9.17) is 5.73 Å². The quantitative estimate of drug-likeness (QED) is 0.613. The van der Waals surface area contributed by atoms with Crippen LogP contribution in [0.1, 0.15) is 38.5 Å². The summed E-state index contributed by atoms with van der Waals surface area (Å²) in [6.07, 6.45) is 6.03. The van der Waals surface area contributed by atoms with Gasteiger partial charge in [0.1, 0.15) is 0 Å². The molecule has 1 saturated carbocycles. The molecule has 1 rings (SSSR count). The van der Waals surface area contributed by atoms with Crippen molar-refractivity contribution in [2.45, 2.75) is 44.1 Å². The molecule has 5 heteroatoms. The second kappa shape index (κ2) is 5.84. The molecular weight excluding hydrogens is 206 g/mol. The van der Waals surface area contributed by atoms with Crippen LogP contribution < -0.4 is 16.4 Å². The van der Waals surface area contributed by atoms with E-state index in [1.165, 1.54) is 6.42 Å². The van der Waals surface area contributed by atoms with E-state index >= 15 is 0 Å². The molecule has 5 nitrogen and oxygen atoms in total. The molecule has 0 aromatic rings. The Balaban J connectivity index is 2.42. The van der Waals surface area contributed by atoms with E-state index in [1.54, 1.807) is 0 Å². The molecule has 0 aliphatic heterocycles. The van der Waals surface area contributed by atoms with Crippen LogP contribution in [0, 0.1) is 0 Å². The summed E-state index contributed by atoms with van der Waals surface area (Å²) in [5.74, 6) is -0.606. The van der Waals surface area contributed by atoms with Crippen molar-refractivity contribution < 1.29 is 9.59 Å². The maximum Gasteiger partial charge on any atom is 0.236 e. The van der Waals surface area contributed by atoms with Crippen LogP contribution in [0.3, 0.4) is 0 Å². The van der Waals surface area contributed by atoms with Crippen LogP contribution in [0.25, 0.3) is 0 Å². The largest absolute Gasteiger partial charge is 0.368 e. The van der Waals surface area contributed by atoms with Gasteiger partial charge in [0.2, 0.25) is 11.8 Å². The van der Waals surface area contributed by atoms with Gasteiger partial charge in [0.05, 0.1) is 6.54 Å². The lowest BCUT2D eigenvalue weighted by Gasteiger charge is -2.36. The normalized spacial score (nSPS) is 19.1. The fraction of sp³-hybridized carbons (Fsp3) is 0.818. The number of nitrogens with two attached hydrogens (primary N) is 1. The number of nitrogens with one attached hydrogen (secondary N) is 2. The van der Waals surface area contributed by atoms with Crippen molar-refractivity contribution in [1.82, 2.24) is 10.6 Å². The molecule has 0 saturated heterocycles. The van der Waals surface area contributed by atoms with E-state index in [9.17, 15) is 9.59 Å². The number of hydrogen-bond donors (Lipinski definition) is 3. The summed E-state index contributed by atoms with van der Waals surface area (Å²) in [5.41, 5.74) is 4.89. The van der Waals surface area contributed by atoms with Crippen LogP contribution in [0.5, 0.6) is 0 Å². The van der Waals surface area contributed by atoms with Crippen molar-refractivity contribution in [2.24, 2.45) is 5.73 Å². The van der Waals surface area contributed by atoms with Gasteiger partial charge in [-0.15, -0.1) is 0 Å². The van der Waals surface area contributed by atoms with Crippen molar-refractivity contribution >= 4 is 11.8 Å². The smallest absolute Gasteiger partial charge is 0.236 e. The van der Waals surface area contributed by atoms with Gasteiger partial charge in [-0.25, -0.2) is 0 Å². The molecule has 0 bridgehead atoms. The summed E-state index contributed by atoms with van der Waals surface area (Å²) in [5, 5.41) is 5.79. The minimum Gasteiger partial charge on any atom is -0.368 e. The number of carbonyl (C=O) groups excluding carboxylic acids is 2. The highest BCUT2D eigenvalue weighted by molar-refractivity contribution is 5.84. The predicted octanol–water partition coefficient (Wildman–Crippen LogP) is -0.0997. The average molecular weight is 227 g/mol. The highest BCUT2D eigenvalue weighted by atomic mass is 16.2. The van der Waals surface area contributed by atoms with Crippen molar-refractivity contribution in [1.29, 1.82) is 0 Å². The Morgan fingerprint density at radius 3 is 2.38 bits per heavy atom. The summed E-state index contributed by atoms with van der Waals surface area (Å²) in [4.78, 5) is 22.2. The molecule has 16 heavy (non-hydrogen) atoms. The van der Waals surface area contributed by atoms with E-state index < -0.39 is 5.91 Å². The number of hydrogen-bond acceptors (Lipinski definition) is 3. The first kappa shape index (κ1) is 13.0. The van der Waals surface area contributed by atoms with Crippen molar-refractivity contribution in [3.63, 3.8) is 0 Å².